The summed E-state index contributed by atoms with van der Waals surface area (Å²) in [5.41, 5.74) is -0.626. The molecule has 0 unspecified atom stereocenters. The summed E-state index contributed by atoms with van der Waals surface area (Å²) in [5.74, 6) is -0.246. The minimum atomic E-state index is -0.598. The number of piperidine rings is 1. The molecule has 0 aromatic rings. The molecule has 0 aromatic heterocycles. The quantitative estimate of drug-likeness (QED) is 0.746. The molecule has 0 radical (unpaired) electrons. The van der Waals surface area contributed by atoms with Crippen molar-refractivity contribution in [2.24, 2.45) is 5.41 Å². The number of hydrogen-bond donors (Lipinski definition) is 2. The normalized spacial score (nSPS) is 16.5. The lowest BCUT2D eigenvalue weighted by Crippen LogP contribution is -2.49. The molecule has 26 heavy (non-hydrogen) atoms. The zero-order valence-corrected chi connectivity index (χ0v) is 16.8. The second-order valence-corrected chi connectivity index (χ2v) is 8.72. The van der Waals surface area contributed by atoms with Gasteiger partial charge in [0.15, 0.2) is 0 Å². The van der Waals surface area contributed by atoms with E-state index in [1.807, 2.05) is 26.8 Å². The summed E-state index contributed by atoms with van der Waals surface area (Å²) in [7, 11) is 0. The number of ether oxygens (including phenoxy) is 1. The van der Waals surface area contributed by atoms with E-state index in [2.05, 4.69) is 10.6 Å². The standard InChI is InChI=1S/C19H33N3O4/c1-18(2,3)10-7-15(23)21-14-8-11-22(12-9-14)16(24)13-20-17(25)26-19(4,5)6/h7,10,14H,8-9,11-13H2,1-6H3,(H,20,25)(H,21,23)/b10-7+. The zero-order chi connectivity index (χ0) is 20.0. The molecule has 0 atom stereocenters. The summed E-state index contributed by atoms with van der Waals surface area (Å²) in [6.45, 7) is 12.4. The Morgan fingerprint density at radius 2 is 1.65 bits per heavy atom. The van der Waals surface area contributed by atoms with Gasteiger partial charge in [-0.05, 0) is 45.1 Å². The van der Waals surface area contributed by atoms with Crippen molar-refractivity contribution in [3.63, 3.8) is 0 Å². The molecule has 1 aliphatic rings. The lowest BCUT2D eigenvalue weighted by Gasteiger charge is -2.32. The van der Waals surface area contributed by atoms with Gasteiger partial charge in [0.25, 0.3) is 0 Å². The van der Waals surface area contributed by atoms with Crippen LogP contribution in [0.1, 0.15) is 54.4 Å². The number of allylic oxidation sites excluding steroid dienone is 1. The highest BCUT2D eigenvalue weighted by molar-refractivity contribution is 5.87. The maximum absolute atomic E-state index is 12.2. The zero-order valence-electron chi connectivity index (χ0n) is 16.8. The first-order valence-electron chi connectivity index (χ1n) is 9.10. The molecule has 3 amide bonds. The minimum Gasteiger partial charge on any atom is -0.444 e. The highest BCUT2D eigenvalue weighted by atomic mass is 16.6. The Labute approximate surface area is 156 Å². The van der Waals surface area contributed by atoms with E-state index in [0.717, 1.165) is 0 Å². The van der Waals surface area contributed by atoms with Crippen LogP contribution in [0.15, 0.2) is 12.2 Å². The molecule has 1 rings (SSSR count). The summed E-state index contributed by atoms with van der Waals surface area (Å²) in [5, 5.41) is 5.45. The predicted octanol–water partition coefficient (Wildman–Crippen LogP) is 2.22. The van der Waals surface area contributed by atoms with Crippen molar-refractivity contribution in [1.82, 2.24) is 15.5 Å². The van der Waals surface area contributed by atoms with Crippen molar-refractivity contribution in [3.05, 3.63) is 12.2 Å². The third kappa shape index (κ3) is 9.44. The predicted molar refractivity (Wildman–Crippen MR) is 101 cm³/mol. The molecular weight excluding hydrogens is 334 g/mol. The first kappa shape index (κ1) is 22.0. The maximum atomic E-state index is 12.2. The van der Waals surface area contributed by atoms with Gasteiger partial charge < -0.3 is 20.3 Å². The molecule has 2 N–H and O–H groups in total. The first-order valence-corrected chi connectivity index (χ1v) is 9.10. The lowest BCUT2D eigenvalue weighted by atomic mass is 9.96. The van der Waals surface area contributed by atoms with Gasteiger partial charge in [-0.1, -0.05) is 26.8 Å². The number of rotatable bonds is 4. The van der Waals surface area contributed by atoms with E-state index in [0.29, 0.717) is 25.9 Å². The van der Waals surface area contributed by atoms with E-state index >= 15 is 0 Å². The molecule has 1 fully saturated rings. The average molecular weight is 367 g/mol. The summed E-state index contributed by atoms with van der Waals surface area (Å²) in [6.07, 6.45) is 4.25. The lowest BCUT2D eigenvalue weighted by molar-refractivity contribution is -0.131. The third-order valence-corrected chi connectivity index (χ3v) is 3.71. The fraction of sp³-hybridized carbons (Fsp3) is 0.737. The minimum absolute atomic E-state index is 0.0335. The van der Waals surface area contributed by atoms with Crippen LogP contribution in [0.3, 0.4) is 0 Å². The number of nitrogens with zero attached hydrogens (tertiary/aromatic N) is 1. The highest BCUT2D eigenvalue weighted by Gasteiger charge is 2.24. The number of nitrogens with one attached hydrogen (secondary N) is 2. The van der Waals surface area contributed by atoms with Crippen LogP contribution < -0.4 is 10.6 Å². The summed E-state index contributed by atoms with van der Waals surface area (Å²) >= 11 is 0. The topological polar surface area (TPSA) is 87.7 Å². The van der Waals surface area contributed by atoms with Gasteiger partial charge in [-0.2, -0.15) is 0 Å². The fourth-order valence-corrected chi connectivity index (χ4v) is 2.42. The molecule has 7 heteroatoms. The molecule has 1 aliphatic heterocycles. The van der Waals surface area contributed by atoms with E-state index in [-0.39, 0.29) is 29.8 Å². The first-order chi connectivity index (χ1) is 11.9. The van der Waals surface area contributed by atoms with Crippen LogP contribution >= 0.6 is 0 Å². The van der Waals surface area contributed by atoms with Gasteiger partial charge in [-0.25, -0.2) is 4.79 Å². The van der Waals surface area contributed by atoms with Crippen molar-refractivity contribution >= 4 is 17.9 Å². The number of alkyl carbamates (subject to hydrolysis) is 1. The number of likely N-dealkylation sites (tertiary alicyclic amines) is 1. The van der Waals surface area contributed by atoms with E-state index in [1.54, 1.807) is 31.7 Å². The van der Waals surface area contributed by atoms with Crippen LogP contribution in [0.2, 0.25) is 0 Å². The van der Waals surface area contributed by atoms with Crippen LogP contribution in [0.4, 0.5) is 4.79 Å². The van der Waals surface area contributed by atoms with Crippen molar-refractivity contribution in [2.75, 3.05) is 19.6 Å². The van der Waals surface area contributed by atoms with Crippen LogP contribution in [0, 0.1) is 5.41 Å². The van der Waals surface area contributed by atoms with Crippen LogP contribution in [0.5, 0.6) is 0 Å². The smallest absolute Gasteiger partial charge is 0.408 e. The molecule has 148 valence electrons. The molecule has 1 saturated heterocycles. The Balaban J connectivity index is 2.32. The highest BCUT2D eigenvalue weighted by Crippen LogP contribution is 2.15. The Morgan fingerprint density at radius 3 is 2.15 bits per heavy atom. The van der Waals surface area contributed by atoms with Gasteiger partial charge in [0.2, 0.25) is 11.8 Å². The van der Waals surface area contributed by atoms with Crippen molar-refractivity contribution in [1.29, 1.82) is 0 Å². The molecule has 0 saturated carbocycles. The number of carbonyl (C=O) groups excluding carboxylic acids is 3. The molecule has 1 heterocycles. The summed E-state index contributed by atoms with van der Waals surface area (Å²) < 4.78 is 5.11. The largest absolute Gasteiger partial charge is 0.444 e. The van der Waals surface area contributed by atoms with E-state index in [1.165, 1.54) is 0 Å². The Hall–Kier alpha value is -2.05. The van der Waals surface area contributed by atoms with Gasteiger partial charge in [0, 0.05) is 19.1 Å². The van der Waals surface area contributed by atoms with E-state index in [4.69, 9.17) is 4.74 Å². The second kappa shape index (κ2) is 9.05. The summed E-state index contributed by atoms with van der Waals surface area (Å²) in [4.78, 5) is 37.4. The number of carbonyl (C=O) groups is 3. The SMILES string of the molecule is CC(C)(C)/C=C/C(=O)NC1CCN(C(=O)CNC(=O)OC(C)(C)C)CC1. The molecule has 0 spiro atoms. The van der Waals surface area contributed by atoms with E-state index < -0.39 is 11.7 Å². The third-order valence-electron chi connectivity index (χ3n) is 3.71. The van der Waals surface area contributed by atoms with Crippen LogP contribution in [-0.4, -0.2) is 54.1 Å². The fourth-order valence-electron chi connectivity index (χ4n) is 2.42. The van der Waals surface area contributed by atoms with Gasteiger partial charge in [0.1, 0.15) is 12.1 Å². The van der Waals surface area contributed by atoms with E-state index in [9.17, 15) is 14.4 Å². The van der Waals surface area contributed by atoms with Gasteiger partial charge in [-0.15, -0.1) is 0 Å². The maximum Gasteiger partial charge on any atom is 0.408 e. The summed E-state index contributed by atoms with van der Waals surface area (Å²) in [6, 6.07) is 0.0648. The molecule has 7 nitrogen and oxygen atoms in total. The van der Waals surface area contributed by atoms with Crippen LogP contribution in [0.25, 0.3) is 0 Å². The van der Waals surface area contributed by atoms with Crippen LogP contribution in [-0.2, 0) is 14.3 Å². The number of hydrogen-bond acceptors (Lipinski definition) is 4. The van der Waals surface area contributed by atoms with Crippen molar-refractivity contribution < 1.29 is 19.1 Å². The second-order valence-electron chi connectivity index (χ2n) is 8.72. The molecule has 0 aliphatic carbocycles. The Bertz CT molecular complexity index is 536. The monoisotopic (exact) mass is 367 g/mol. The van der Waals surface area contributed by atoms with Gasteiger partial charge >= 0.3 is 6.09 Å². The van der Waals surface area contributed by atoms with Gasteiger partial charge in [-0.3, -0.25) is 9.59 Å². The average Bonchev–Trinajstić information content (AvgIpc) is 2.49. The van der Waals surface area contributed by atoms with Gasteiger partial charge in [0.05, 0.1) is 0 Å². The van der Waals surface area contributed by atoms with Crippen molar-refractivity contribution in [3.8, 4) is 0 Å². The Morgan fingerprint density at radius 1 is 1.08 bits per heavy atom. The number of amides is 3. The Kier molecular flexibility index (Phi) is 7.66. The molecule has 0 bridgehead atoms. The molecular formula is C19H33N3O4. The van der Waals surface area contributed by atoms with Crippen molar-refractivity contribution in [2.45, 2.75) is 66.0 Å². The molecule has 0 aromatic carbocycles.